The largest absolute Gasteiger partial charge is 0.298 e. The third kappa shape index (κ3) is 4.40. The first kappa shape index (κ1) is 23.6. The Kier molecular flexibility index (Phi) is 6.19. The third-order valence-electron chi connectivity index (χ3n) is 8.84. The van der Waals surface area contributed by atoms with Crippen molar-refractivity contribution in [1.29, 1.82) is 0 Å². The van der Waals surface area contributed by atoms with Gasteiger partial charge in [0.25, 0.3) is 0 Å². The molecule has 1 atom stereocenters. The molecule has 0 saturated carbocycles. The van der Waals surface area contributed by atoms with Crippen molar-refractivity contribution >= 4 is 28.7 Å². The molecule has 0 spiro atoms. The van der Waals surface area contributed by atoms with Crippen molar-refractivity contribution < 1.29 is 4.79 Å². The number of ketones is 1. The summed E-state index contributed by atoms with van der Waals surface area (Å²) in [5.74, 6) is 0.403. The summed E-state index contributed by atoms with van der Waals surface area (Å²) in [6.07, 6.45) is 7.55. The van der Waals surface area contributed by atoms with Crippen molar-refractivity contribution in [2.24, 2.45) is 5.92 Å². The van der Waals surface area contributed by atoms with E-state index >= 15 is 0 Å². The molecule has 7 rings (SSSR count). The molecular formula is C35H34N2O. The first-order valence-corrected chi connectivity index (χ1v) is 14.1. The highest BCUT2D eigenvalue weighted by Gasteiger charge is 2.25. The molecule has 1 saturated heterocycles. The van der Waals surface area contributed by atoms with E-state index in [-0.39, 0.29) is 5.92 Å². The monoisotopic (exact) mass is 498 g/mol. The highest BCUT2D eigenvalue weighted by Crippen LogP contribution is 2.26. The number of carbonyl (C=O) groups excluding carboxylic acids is 1. The molecule has 190 valence electrons. The van der Waals surface area contributed by atoms with Gasteiger partial charge in [-0.15, -0.1) is 0 Å². The fraction of sp³-hybridized carbons (Fsp3) is 0.286. The lowest BCUT2D eigenvalue weighted by Gasteiger charge is -2.35. The molecule has 4 aromatic carbocycles. The van der Waals surface area contributed by atoms with Gasteiger partial charge in [0, 0.05) is 38.6 Å². The van der Waals surface area contributed by atoms with Crippen molar-refractivity contribution in [2.75, 3.05) is 32.7 Å². The van der Waals surface area contributed by atoms with Gasteiger partial charge < -0.3 is 0 Å². The molecule has 0 aromatic heterocycles. The summed E-state index contributed by atoms with van der Waals surface area (Å²) in [6.45, 7) is 5.48. The zero-order chi connectivity index (χ0) is 25.5. The van der Waals surface area contributed by atoms with Gasteiger partial charge in [0.05, 0.1) is 6.54 Å². The molecule has 3 nitrogen and oxygen atoms in total. The van der Waals surface area contributed by atoms with Gasteiger partial charge in [0.2, 0.25) is 0 Å². The van der Waals surface area contributed by atoms with Crippen LogP contribution in [0.5, 0.6) is 0 Å². The molecule has 1 unspecified atom stereocenters. The van der Waals surface area contributed by atoms with Gasteiger partial charge in [-0.05, 0) is 68.3 Å². The predicted octanol–water partition coefficient (Wildman–Crippen LogP) is 4.57. The Balaban J connectivity index is 1.03. The standard InChI is InChI=1S/C35H34N2O/c38-35(24-37-20-18-36(19-21-37)23-29-9-5-8-25-6-1-3-10-30(25)29)28-13-12-27-15-16-32-31-11-4-2-7-26(31)14-17-33(32)34(27)22-28/h1-11,15-17,22,28H,12-14,18-21,23-24H2. The Bertz CT molecular complexity index is 1640. The molecule has 0 bridgehead atoms. The fourth-order valence-corrected chi connectivity index (χ4v) is 6.69. The van der Waals surface area contributed by atoms with E-state index in [2.05, 4.69) is 101 Å². The Labute approximate surface area is 224 Å². The number of carbonyl (C=O) groups is 1. The smallest absolute Gasteiger partial charge is 0.153 e. The van der Waals surface area contributed by atoms with Crippen molar-refractivity contribution in [3.63, 3.8) is 0 Å². The topological polar surface area (TPSA) is 23.6 Å². The normalized spacial score (nSPS) is 19.1. The second-order valence-electron chi connectivity index (χ2n) is 11.1. The zero-order valence-corrected chi connectivity index (χ0v) is 21.9. The molecule has 4 aromatic rings. The van der Waals surface area contributed by atoms with Crippen molar-refractivity contribution in [1.82, 2.24) is 9.80 Å². The Hall–Kier alpha value is -3.53. The van der Waals surface area contributed by atoms with Crippen LogP contribution >= 0.6 is 0 Å². The molecule has 1 aliphatic heterocycles. The number of rotatable bonds is 5. The fourth-order valence-electron chi connectivity index (χ4n) is 6.69. The summed E-state index contributed by atoms with van der Waals surface area (Å²) in [4.78, 5) is 18.4. The first-order chi connectivity index (χ1) is 18.7. The van der Waals surface area contributed by atoms with Gasteiger partial charge in [0.15, 0.2) is 5.78 Å². The second kappa shape index (κ2) is 9.98. The number of hydrogen-bond acceptors (Lipinski definition) is 3. The lowest BCUT2D eigenvalue weighted by Crippen LogP contribution is -2.48. The maximum absolute atomic E-state index is 13.5. The van der Waals surface area contributed by atoms with Crippen LogP contribution in [0.3, 0.4) is 0 Å². The molecule has 1 fully saturated rings. The van der Waals surface area contributed by atoms with Crippen LogP contribution in [0.15, 0.2) is 78.9 Å². The van der Waals surface area contributed by atoms with Gasteiger partial charge in [-0.2, -0.15) is 0 Å². The summed E-state index contributed by atoms with van der Waals surface area (Å²) >= 11 is 0. The van der Waals surface area contributed by atoms with Gasteiger partial charge in [-0.3, -0.25) is 14.6 Å². The molecule has 0 amide bonds. The van der Waals surface area contributed by atoms with E-state index in [1.54, 1.807) is 0 Å². The summed E-state index contributed by atoms with van der Waals surface area (Å²) in [5, 5.41) is 5.30. The van der Waals surface area contributed by atoms with Crippen molar-refractivity contribution in [2.45, 2.75) is 25.8 Å². The van der Waals surface area contributed by atoms with Crippen LogP contribution in [0.1, 0.15) is 23.1 Å². The Morgan fingerprint density at radius 1 is 0.737 bits per heavy atom. The minimum Gasteiger partial charge on any atom is -0.298 e. The minimum atomic E-state index is 0.0216. The van der Waals surface area contributed by atoms with Gasteiger partial charge in [0.1, 0.15) is 0 Å². The van der Waals surface area contributed by atoms with E-state index in [4.69, 9.17) is 0 Å². The number of fused-ring (bicyclic) bond motifs is 6. The summed E-state index contributed by atoms with van der Waals surface area (Å²) in [5.41, 5.74) is 6.84. The number of aryl methyl sites for hydroxylation is 1. The maximum Gasteiger partial charge on any atom is 0.153 e. The van der Waals surface area contributed by atoms with E-state index in [1.165, 1.54) is 49.0 Å². The number of Topliss-reactive ketones (excluding diaryl/α,β-unsaturated/α-hetero) is 1. The number of piperazine rings is 1. The highest BCUT2D eigenvalue weighted by atomic mass is 16.1. The molecule has 0 radical (unpaired) electrons. The van der Waals surface area contributed by atoms with Crippen molar-refractivity contribution in [3.8, 4) is 11.1 Å². The Morgan fingerprint density at radius 2 is 1.53 bits per heavy atom. The van der Waals surface area contributed by atoms with Gasteiger partial charge >= 0.3 is 0 Å². The lowest BCUT2D eigenvalue weighted by molar-refractivity contribution is -0.122. The number of hydrogen-bond donors (Lipinski definition) is 0. The molecule has 3 aliphatic rings. The van der Waals surface area contributed by atoms with E-state index in [0.717, 1.165) is 52.0 Å². The summed E-state index contributed by atoms with van der Waals surface area (Å²) < 4.78 is 0. The summed E-state index contributed by atoms with van der Waals surface area (Å²) in [6, 6.07) is 28.6. The number of benzene rings is 4. The van der Waals surface area contributed by atoms with Crippen LogP contribution in [0.4, 0.5) is 0 Å². The van der Waals surface area contributed by atoms with Crippen LogP contribution in [0.25, 0.3) is 34.1 Å². The molecule has 38 heavy (non-hydrogen) atoms. The predicted molar refractivity (Wildman–Crippen MR) is 156 cm³/mol. The lowest BCUT2D eigenvalue weighted by atomic mass is 9.83. The molecule has 2 aliphatic carbocycles. The van der Waals surface area contributed by atoms with Gasteiger partial charge in [-0.1, -0.05) is 91.0 Å². The highest BCUT2D eigenvalue weighted by molar-refractivity contribution is 5.89. The number of nitrogens with zero attached hydrogens (tertiary/aromatic N) is 2. The van der Waals surface area contributed by atoms with Crippen molar-refractivity contribution in [3.05, 3.63) is 106 Å². The van der Waals surface area contributed by atoms with E-state index in [9.17, 15) is 4.79 Å². The maximum atomic E-state index is 13.5. The molecule has 1 heterocycles. The average molecular weight is 499 g/mol. The quantitative estimate of drug-likeness (QED) is 0.403. The average Bonchev–Trinajstić information content (AvgIpc) is 2.97. The van der Waals surface area contributed by atoms with Crippen LogP contribution in [0, 0.1) is 5.92 Å². The zero-order valence-electron chi connectivity index (χ0n) is 21.9. The minimum absolute atomic E-state index is 0.0216. The van der Waals surface area contributed by atoms with E-state index in [1.807, 2.05) is 0 Å². The SMILES string of the molecule is O=C(CN1CCN(Cc2cccc3ccccc23)CC1)C1C=c2c(ccc3c2=CCc2ccccc2-3)CC1. The van der Waals surface area contributed by atoms with Crippen LogP contribution in [-0.2, 0) is 24.2 Å². The van der Waals surface area contributed by atoms with Crippen LogP contribution < -0.4 is 10.4 Å². The Morgan fingerprint density at radius 3 is 2.45 bits per heavy atom. The first-order valence-electron chi connectivity index (χ1n) is 14.1. The summed E-state index contributed by atoms with van der Waals surface area (Å²) in [7, 11) is 0. The van der Waals surface area contributed by atoms with E-state index < -0.39 is 0 Å². The molecule has 3 heteroatoms. The third-order valence-corrected chi connectivity index (χ3v) is 8.84. The van der Waals surface area contributed by atoms with Crippen LogP contribution in [0.2, 0.25) is 0 Å². The van der Waals surface area contributed by atoms with Crippen LogP contribution in [-0.4, -0.2) is 48.3 Å². The molecular weight excluding hydrogens is 464 g/mol. The molecule has 0 N–H and O–H groups in total. The van der Waals surface area contributed by atoms with Gasteiger partial charge in [-0.25, -0.2) is 0 Å². The second-order valence-corrected chi connectivity index (χ2v) is 11.1. The van der Waals surface area contributed by atoms with E-state index in [0.29, 0.717) is 12.3 Å².